The molecule has 0 spiro atoms. The van der Waals surface area contributed by atoms with Crippen molar-refractivity contribution in [3.8, 4) is 0 Å². The first-order valence-electron chi connectivity index (χ1n) is 8.94. The standard InChI is InChI=1S/C12H15NO2.C9H10F2/c1-2-3-9-4-5-10-6-7-11(13(14)15)8-12(9)10;1-7-4-3-5-8(6-7)9(2,10)11/h6-9H,2-5H2,1H3;3-6H,1-2H3. The van der Waals surface area contributed by atoms with Crippen LogP contribution in [-0.4, -0.2) is 4.92 Å². The van der Waals surface area contributed by atoms with Crippen LogP contribution in [0.5, 0.6) is 0 Å². The summed E-state index contributed by atoms with van der Waals surface area (Å²) in [6.45, 7) is 4.87. The first-order chi connectivity index (χ1) is 12.2. The van der Waals surface area contributed by atoms with Gasteiger partial charge in [0.05, 0.1) is 4.92 Å². The molecule has 5 heteroatoms. The third kappa shape index (κ3) is 5.10. The molecule has 1 aliphatic rings. The smallest absolute Gasteiger partial charge is 0.258 e. The molecule has 0 amide bonds. The Bertz CT molecular complexity index is 767. The predicted molar refractivity (Wildman–Crippen MR) is 99.8 cm³/mol. The monoisotopic (exact) mass is 361 g/mol. The Morgan fingerprint density at radius 2 is 1.96 bits per heavy atom. The van der Waals surface area contributed by atoms with Crippen molar-refractivity contribution >= 4 is 5.69 Å². The van der Waals surface area contributed by atoms with Gasteiger partial charge in [0.25, 0.3) is 11.6 Å². The molecule has 0 saturated heterocycles. The number of rotatable bonds is 4. The van der Waals surface area contributed by atoms with E-state index in [-0.39, 0.29) is 16.2 Å². The van der Waals surface area contributed by atoms with Gasteiger partial charge >= 0.3 is 0 Å². The lowest BCUT2D eigenvalue weighted by Crippen LogP contribution is -2.06. The van der Waals surface area contributed by atoms with Gasteiger partial charge in [0, 0.05) is 24.6 Å². The molecule has 2 aromatic rings. The molecule has 1 unspecified atom stereocenters. The fourth-order valence-corrected chi connectivity index (χ4v) is 3.36. The van der Waals surface area contributed by atoms with E-state index in [4.69, 9.17) is 0 Å². The minimum absolute atomic E-state index is 0.0810. The van der Waals surface area contributed by atoms with E-state index in [0.717, 1.165) is 38.2 Å². The summed E-state index contributed by atoms with van der Waals surface area (Å²) >= 11 is 0. The molecule has 1 aliphatic carbocycles. The van der Waals surface area contributed by atoms with E-state index >= 15 is 0 Å². The van der Waals surface area contributed by atoms with Gasteiger partial charge in [-0.3, -0.25) is 10.1 Å². The lowest BCUT2D eigenvalue weighted by Gasteiger charge is -2.10. The van der Waals surface area contributed by atoms with E-state index in [2.05, 4.69) is 6.92 Å². The first kappa shape index (κ1) is 20.0. The van der Waals surface area contributed by atoms with Crippen LogP contribution < -0.4 is 0 Å². The Labute approximate surface area is 153 Å². The van der Waals surface area contributed by atoms with Crippen molar-refractivity contribution in [2.45, 2.75) is 58.3 Å². The summed E-state index contributed by atoms with van der Waals surface area (Å²) in [7, 11) is 0. The molecular weight excluding hydrogens is 336 g/mol. The fourth-order valence-electron chi connectivity index (χ4n) is 3.36. The second-order valence-corrected chi connectivity index (χ2v) is 6.92. The summed E-state index contributed by atoms with van der Waals surface area (Å²) in [6, 6.07) is 11.7. The highest BCUT2D eigenvalue weighted by molar-refractivity contribution is 5.44. The van der Waals surface area contributed by atoms with Gasteiger partial charge < -0.3 is 0 Å². The molecular formula is C21H25F2NO2. The van der Waals surface area contributed by atoms with Crippen LogP contribution in [0.25, 0.3) is 0 Å². The molecule has 0 saturated carbocycles. The van der Waals surface area contributed by atoms with Crippen molar-refractivity contribution in [3.05, 3.63) is 74.8 Å². The van der Waals surface area contributed by atoms with Crippen LogP contribution in [0.3, 0.4) is 0 Å². The topological polar surface area (TPSA) is 43.1 Å². The molecule has 3 nitrogen and oxygen atoms in total. The highest BCUT2D eigenvalue weighted by atomic mass is 19.3. The van der Waals surface area contributed by atoms with Crippen LogP contribution in [0.15, 0.2) is 42.5 Å². The Balaban J connectivity index is 0.000000197. The minimum atomic E-state index is -2.72. The van der Waals surface area contributed by atoms with Crippen molar-refractivity contribution in [1.82, 2.24) is 0 Å². The van der Waals surface area contributed by atoms with Gasteiger partial charge in [-0.25, -0.2) is 8.78 Å². The fraction of sp³-hybridized carbons (Fsp3) is 0.429. The maximum atomic E-state index is 12.6. The van der Waals surface area contributed by atoms with Gasteiger partial charge in [-0.05, 0) is 43.2 Å². The number of aryl methyl sites for hydroxylation is 2. The highest BCUT2D eigenvalue weighted by Gasteiger charge is 2.24. The van der Waals surface area contributed by atoms with Crippen LogP contribution in [0.2, 0.25) is 0 Å². The number of hydrogen-bond donors (Lipinski definition) is 0. The summed E-state index contributed by atoms with van der Waals surface area (Å²) in [5, 5.41) is 10.7. The van der Waals surface area contributed by atoms with Crippen molar-refractivity contribution in [2.75, 3.05) is 0 Å². The molecule has 3 rings (SSSR count). The van der Waals surface area contributed by atoms with Gasteiger partial charge in [0.1, 0.15) is 0 Å². The van der Waals surface area contributed by atoms with Gasteiger partial charge in [0.2, 0.25) is 0 Å². The number of nitrogens with zero attached hydrogens (tertiary/aromatic N) is 1. The molecule has 1 atom stereocenters. The summed E-state index contributed by atoms with van der Waals surface area (Å²) < 4.78 is 25.3. The van der Waals surface area contributed by atoms with Gasteiger partial charge in [0.15, 0.2) is 0 Å². The number of alkyl halides is 2. The van der Waals surface area contributed by atoms with E-state index in [1.807, 2.05) is 6.07 Å². The largest absolute Gasteiger partial charge is 0.270 e. The van der Waals surface area contributed by atoms with Crippen molar-refractivity contribution in [1.29, 1.82) is 0 Å². The number of non-ortho nitro benzene ring substituents is 1. The van der Waals surface area contributed by atoms with Crippen LogP contribution in [0.1, 0.15) is 61.3 Å². The summed E-state index contributed by atoms with van der Waals surface area (Å²) in [5.74, 6) is -2.17. The lowest BCUT2D eigenvalue weighted by atomic mass is 9.96. The highest BCUT2D eigenvalue weighted by Crippen LogP contribution is 2.37. The van der Waals surface area contributed by atoms with Gasteiger partial charge in [-0.2, -0.15) is 0 Å². The molecule has 0 heterocycles. The number of benzene rings is 2. The van der Waals surface area contributed by atoms with Crippen LogP contribution >= 0.6 is 0 Å². The SMILES string of the molecule is CCCC1CCc2ccc([N+](=O)[O-])cc21.Cc1cccc(C(C)(F)F)c1. The third-order valence-corrected chi connectivity index (χ3v) is 4.70. The van der Waals surface area contributed by atoms with E-state index in [1.165, 1.54) is 23.3 Å². The van der Waals surface area contributed by atoms with E-state index in [9.17, 15) is 18.9 Å². The zero-order valence-electron chi connectivity index (χ0n) is 15.5. The molecule has 0 radical (unpaired) electrons. The van der Waals surface area contributed by atoms with Crippen molar-refractivity contribution in [3.63, 3.8) is 0 Å². The van der Waals surface area contributed by atoms with Crippen molar-refractivity contribution in [2.24, 2.45) is 0 Å². The number of nitro benzene ring substituents is 1. The molecule has 0 N–H and O–H groups in total. The zero-order chi connectivity index (χ0) is 19.3. The van der Waals surface area contributed by atoms with Crippen LogP contribution in [-0.2, 0) is 12.3 Å². The quantitative estimate of drug-likeness (QED) is 0.459. The number of hydrogen-bond acceptors (Lipinski definition) is 2. The average Bonchev–Trinajstić information content (AvgIpc) is 2.97. The second-order valence-electron chi connectivity index (χ2n) is 6.92. The van der Waals surface area contributed by atoms with E-state index in [1.54, 1.807) is 31.2 Å². The molecule has 0 aliphatic heterocycles. The molecule has 0 fully saturated rings. The maximum absolute atomic E-state index is 12.6. The molecule has 26 heavy (non-hydrogen) atoms. The van der Waals surface area contributed by atoms with Crippen LogP contribution in [0, 0.1) is 17.0 Å². The minimum Gasteiger partial charge on any atom is -0.258 e. The molecule has 0 bridgehead atoms. The Kier molecular flexibility index (Phi) is 6.46. The predicted octanol–water partition coefficient (Wildman–Crippen LogP) is 6.53. The maximum Gasteiger partial charge on any atom is 0.270 e. The Hall–Kier alpha value is -2.30. The zero-order valence-corrected chi connectivity index (χ0v) is 15.5. The Morgan fingerprint density at radius 1 is 1.23 bits per heavy atom. The number of nitro groups is 1. The van der Waals surface area contributed by atoms with Crippen molar-refractivity contribution < 1.29 is 13.7 Å². The summed E-state index contributed by atoms with van der Waals surface area (Å²) in [6.07, 6.45) is 4.53. The normalized spacial score (nSPS) is 15.8. The Morgan fingerprint density at radius 3 is 2.50 bits per heavy atom. The molecule has 140 valence electrons. The second kappa shape index (κ2) is 8.39. The van der Waals surface area contributed by atoms with E-state index in [0.29, 0.717) is 5.92 Å². The first-order valence-corrected chi connectivity index (χ1v) is 8.94. The molecule has 2 aromatic carbocycles. The summed E-state index contributed by atoms with van der Waals surface area (Å²) in [5.41, 5.74) is 3.70. The van der Waals surface area contributed by atoms with Crippen LogP contribution in [0.4, 0.5) is 14.5 Å². The van der Waals surface area contributed by atoms with E-state index < -0.39 is 5.92 Å². The number of fused-ring (bicyclic) bond motifs is 1. The average molecular weight is 361 g/mol. The lowest BCUT2D eigenvalue weighted by molar-refractivity contribution is -0.384. The third-order valence-electron chi connectivity index (χ3n) is 4.70. The number of halogens is 2. The van der Waals surface area contributed by atoms with Gasteiger partial charge in [-0.1, -0.05) is 49.2 Å². The summed E-state index contributed by atoms with van der Waals surface area (Å²) in [4.78, 5) is 10.4. The van der Waals surface area contributed by atoms with Gasteiger partial charge in [-0.15, -0.1) is 0 Å². The molecule has 0 aromatic heterocycles.